The first kappa shape index (κ1) is 26.1. The van der Waals surface area contributed by atoms with Crippen molar-refractivity contribution in [2.75, 3.05) is 13.2 Å². The summed E-state index contributed by atoms with van der Waals surface area (Å²) in [4.78, 5) is 48.0. The van der Waals surface area contributed by atoms with Gasteiger partial charge < -0.3 is 24.1 Å². The van der Waals surface area contributed by atoms with Crippen LogP contribution in [-0.4, -0.2) is 60.5 Å². The van der Waals surface area contributed by atoms with E-state index in [-0.39, 0.29) is 37.2 Å². The van der Waals surface area contributed by atoms with Gasteiger partial charge in [-0.1, -0.05) is 12.7 Å². The Labute approximate surface area is 192 Å². The highest BCUT2D eigenvalue weighted by molar-refractivity contribution is 5.92. The Balaban J connectivity index is 2.50. The molecule has 1 aliphatic carbocycles. The zero-order valence-electron chi connectivity index (χ0n) is 19.3. The molecule has 2 aliphatic rings. The van der Waals surface area contributed by atoms with Crippen LogP contribution in [0.4, 0.5) is 0 Å². The third kappa shape index (κ3) is 7.15. The molecule has 1 N–H and O–H groups in total. The van der Waals surface area contributed by atoms with E-state index in [0.717, 1.165) is 0 Å². The maximum Gasteiger partial charge on any atom is 0.334 e. The molecular formula is C24H30O9. The number of rotatable bonds is 6. The quantitative estimate of drug-likeness (QED) is 0.273. The predicted molar refractivity (Wildman–Crippen MR) is 116 cm³/mol. The number of carbonyl (C=O) groups excluding carboxylic acids is 4. The number of hydrogen-bond donors (Lipinski definition) is 1. The van der Waals surface area contributed by atoms with Crippen molar-refractivity contribution in [2.45, 2.75) is 58.8 Å². The first-order chi connectivity index (χ1) is 15.5. The molecule has 0 amide bonds. The Hall–Kier alpha value is -3.20. The highest BCUT2D eigenvalue weighted by Crippen LogP contribution is 2.37. The minimum absolute atomic E-state index is 0.0664. The van der Waals surface area contributed by atoms with Gasteiger partial charge in [0.05, 0.1) is 12.5 Å². The topological polar surface area (TPSA) is 125 Å². The fourth-order valence-electron chi connectivity index (χ4n) is 3.69. The van der Waals surface area contributed by atoms with Crippen molar-refractivity contribution in [1.29, 1.82) is 0 Å². The van der Waals surface area contributed by atoms with Crippen molar-refractivity contribution in [3.8, 4) is 0 Å². The van der Waals surface area contributed by atoms with Gasteiger partial charge in [-0.3, -0.25) is 9.59 Å². The summed E-state index contributed by atoms with van der Waals surface area (Å²) in [5, 5.41) is 9.09. The van der Waals surface area contributed by atoms with Crippen LogP contribution >= 0.6 is 0 Å². The Kier molecular flexibility index (Phi) is 9.16. The first-order valence-electron chi connectivity index (χ1n) is 10.6. The number of aliphatic hydroxyl groups is 1. The molecule has 0 radical (unpaired) electrons. The number of carbonyl (C=O) groups is 4. The van der Waals surface area contributed by atoms with Gasteiger partial charge in [-0.05, 0) is 37.1 Å². The zero-order valence-corrected chi connectivity index (χ0v) is 19.3. The van der Waals surface area contributed by atoms with Gasteiger partial charge in [-0.15, -0.1) is 0 Å². The largest absolute Gasteiger partial charge is 0.461 e. The van der Waals surface area contributed by atoms with E-state index < -0.39 is 48.1 Å². The first-order valence-corrected chi connectivity index (χ1v) is 10.6. The van der Waals surface area contributed by atoms with Gasteiger partial charge in [-0.25, -0.2) is 9.59 Å². The standard InChI is InChI=1S/C24H30O9/c1-13(8-9-25)23(28)32-21-11-18(12-30-16(4)26)6-7-19(31-17(5)27)14(2)10-20-22(21)15(3)24(29)33-20/h6,8,10,19-22,25H,3,7,9,11-12H2,1-2,4-5H3/b13-8+,14-10+,18-6+/t19-,20+,21-,22-/m0/s1. The molecule has 0 aromatic carbocycles. The minimum Gasteiger partial charge on any atom is -0.461 e. The van der Waals surface area contributed by atoms with Gasteiger partial charge in [0.25, 0.3) is 0 Å². The van der Waals surface area contributed by atoms with Crippen LogP contribution in [0.5, 0.6) is 0 Å². The molecule has 0 spiro atoms. The number of hydrogen-bond acceptors (Lipinski definition) is 9. The Morgan fingerprint density at radius 2 is 1.91 bits per heavy atom. The maximum atomic E-state index is 12.6. The van der Waals surface area contributed by atoms with Crippen LogP contribution in [0.15, 0.2) is 47.1 Å². The Bertz CT molecular complexity index is 909. The van der Waals surface area contributed by atoms with Gasteiger partial charge >= 0.3 is 23.9 Å². The third-order valence-corrected chi connectivity index (χ3v) is 5.43. The number of fused-ring (bicyclic) bond motifs is 1. The molecule has 9 heteroatoms. The summed E-state index contributed by atoms with van der Waals surface area (Å²) in [5.74, 6) is -2.95. The zero-order chi connectivity index (χ0) is 24.7. The summed E-state index contributed by atoms with van der Waals surface area (Å²) >= 11 is 0. The molecule has 4 atom stereocenters. The van der Waals surface area contributed by atoms with E-state index in [1.807, 2.05) is 0 Å². The van der Waals surface area contributed by atoms with E-state index in [0.29, 0.717) is 11.1 Å². The summed E-state index contributed by atoms with van der Waals surface area (Å²) in [5.41, 5.74) is 1.61. The third-order valence-electron chi connectivity index (χ3n) is 5.43. The average Bonchev–Trinajstić information content (AvgIpc) is 3.00. The maximum absolute atomic E-state index is 12.6. The minimum atomic E-state index is -0.861. The molecule has 1 heterocycles. The van der Waals surface area contributed by atoms with Crippen LogP contribution in [0.1, 0.15) is 40.5 Å². The van der Waals surface area contributed by atoms with Crippen LogP contribution in [-0.2, 0) is 38.1 Å². The second-order valence-corrected chi connectivity index (χ2v) is 8.03. The van der Waals surface area contributed by atoms with E-state index in [9.17, 15) is 19.2 Å². The normalized spacial score (nSPS) is 28.9. The fraction of sp³-hybridized carbons (Fsp3) is 0.500. The number of esters is 4. The fourth-order valence-corrected chi connectivity index (χ4v) is 3.69. The molecule has 180 valence electrons. The highest BCUT2D eigenvalue weighted by atomic mass is 16.6. The van der Waals surface area contributed by atoms with Gasteiger partial charge in [0.1, 0.15) is 24.9 Å². The second kappa shape index (κ2) is 11.6. The molecule has 0 aromatic rings. The lowest BCUT2D eigenvalue weighted by atomic mass is 9.85. The SMILES string of the molecule is C=C1C(=O)O[C@@H]2/C=C(\C)[C@@H](OC(C)=O)C/C=C(/COC(C)=O)C[C@H](OC(=O)/C(C)=C/CO)[C@@H]12. The van der Waals surface area contributed by atoms with Gasteiger partial charge in [0.15, 0.2) is 0 Å². The predicted octanol–water partition coefficient (Wildman–Crippen LogP) is 2.10. The lowest BCUT2D eigenvalue weighted by Gasteiger charge is -2.29. The smallest absolute Gasteiger partial charge is 0.334 e. The summed E-state index contributed by atoms with van der Waals surface area (Å²) in [6.45, 7) is 9.26. The molecule has 1 aliphatic heterocycles. The average molecular weight is 462 g/mol. The lowest BCUT2D eigenvalue weighted by Crippen LogP contribution is -2.35. The van der Waals surface area contributed by atoms with Crippen LogP contribution in [0.3, 0.4) is 0 Å². The molecule has 9 nitrogen and oxygen atoms in total. The summed E-state index contributed by atoms with van der Waals surface area (Å²) < 4.78 is 21.8. The van der Waals surface area contributed by atoms with E-state index in [1.165, 1.54) is 26.8 Å². The molecule has 2 rings (SSSR count). The van der Waals surface area contributed by atoms with Crippen molar-refractivity contribution >= 4 is 23.9 Å². The monoisotopic (exact) mass is 462 g/mol. The molecular weight excluding hydrogens is 432 g/mol. The molecule has 1 saturated heterocycles. The van der Waals surface area contributed by atoms with Gasteiger partial charge in [0, 0.05) is 37.8 Å². The summed E-state index contributed by atoms with van der Waals surface area (Å²) in [6.07, 6.45) is 2.90. The van der Waals surface area contributed by atoms with Gasteiger partial charge in [-0.2, -0.15) is 0 Å². The highest BCUT2D eigenvalue weighted by Gasteiger charge is 2.45. The van der Waals surface area contributed by atoms with Crippen LogP contribution in [0.25, 0.3) is 0 Å². The van der Waals surface area contributed by atoms with E-state index in [1.54, 1.807) is 19.1 Å². The lowest BCUT2D eigenvalue weighted by molar-refractivity contribution is -0.148. The van der Waals surface area contributed by atoms with Crippen molar-refractivity contribution in [1.82, 2.24) is 0 Å². The van der Waals surface area contributed by atoms with Crippen LogP contribution in [0.2, 0.25) is 0 Å². The van der Waals surface area contributed by atoms with Crippen molar-refractivity contribution < 1.29 is 43.2 Å². The molecule has 0 unspecified atom stereocenters. The molecule has 1 fully saturated rings. The Morgan fingerprint density at radius 1 is 1.21 bits per heavy atom. The van der Waals surface area contributed by atoms with Crippen molar-refractivity contribution in [3.05, 3.63) is 47.1 Å². The van der Waals surface area contributed by atoms with Crippen LogP contribution < -0.4 is 0 Å². The molecule has 33 heavy (non-hydrogen) atoms. The Morgan fingerprint density at radius 3 is 2.52 bits per heavy atom. The number of ether oxygens (including phenoxy) is 4. The number of aliphatic hydroxyl groups excluding tert-OH is 1. The van der Waals surface area contributed by atoms with Crippen molar-refractivity contribution in [2.24, 2.45) is 5.92 Å². The van der Waals surface area contributed by atoms with Gasteiger partial charge in [0.2, 0.25) is 0 Å². The summed E-state index contributed by atoms with van der Waals surface area (Å²) in [6, 6.07) is 0. The van der Waals surface area contributed by atoms with E-state index in [2.05, 4.69) is 6.58 Å². The summed E-state index contributed by atoms with van der Waals surface area (Å²) in [7, 11) is 0. The molecule has 0 saturated carbocycles. The molecule has 0 aromatic heterocycles. The van der Waals surface area contributed by atoms with Crippen molar-refractivity contribution in [3.63, 3.8) is 0 Å². The van der Waals surface area contributed by atoms with E-state index >= 15 is 0 Å². The van der Waals surface area contributed by atoms with E-state index in [4.69, 9.17) is 24.1 Å². The van der Waals surface area contributed by atoms with Crippen LogP contribution in [0, 0.1) is 5.92 Å². The second-order valence-electron chi connectivity index (χ2n) is 8.03. The molecule has 0 bridgehead atoms.